The third-order valence-electron chi connectivity index (χ3n) is 2.46. The third-order valence-corrected chi connectivity index (χ3v) is 3.16. The Hall–Kier alpha value is 1.00. The van der Waals surface area contributed by atoms with E-state index >= 15 is 0 Å². The molecule has 0 bridgehead atoms. The van der Waals surface area contributed by atoms with Crippen molar-refractivity contribution in [3.8, 4) is 0 Å². The van der Waals surface area contributed by atoms with Gasteiger partial charge in [0.25, 0.3) is 0 Å². The number of unbranched alkanes of at least 4 members (excludes halogenated alkanes) is 8. The summed E-state index contributed by atoms with van der Waals surface area (Å²) >= 11 is 1.41. The van der Waals surface area contributed by atoms with Crippen LogP contribution in [-0.2, 0) is 0 Å². The van der Waals surface area contributed by atoms with Crippen molar-refractivity contribution in [3.05, 3.63) is 0 Å². The normalized spacial score (nSPS) is 10.6. The average molecular weight is 178 g/mol. The van der Waals surface area contributed by atoms with Crippen LogP contribution in [0.25, 0.3) is 0 Å². The molecule has 68 valence electrons. The molecule has 0 nitrogen and oxygen atoms in total. The van der Waals surface area contributed by atoms with Crippen molar-refractivity contribution < 1.29 is 0 Å². The minimum atomic E-state index is 1.38. The van der Waals surface area contributed by atoms with Crippen molar-refractivity contribution in [1.82, 2.24) is 0 Å². The van der Waals surface area contributed by atoms with Crippen LogP contribution < -0.4 is 0 Å². The van der Waals surface area contributed by atoms with Crippen LogP contribution in [0.5, 0.6) is 0 Å². The van der Waals surface area contributed by atoms with Gasteiger partial charge in [-0.05, 0) is 0 Å². The van der Waals surface area contributed by atoms with Crippen LogP contribution in [0.4, 0.5) is 0 Å². The van der Waals surface area contributed by atoms with Crippen molar-refractivity contribution in [3.63, 3.8) is 0 Å². The Morgan fingerprint density at radius 1 is 0.667 bits per heavy atom. The zero-order valence-corrected chi connectivity index (χ0v) is 11.1. The van der Waals surface area contributed by atoms with Crippen LogP contribution in [-0.4, -0.2) is 27.9 Å². The van der Waals surface area contributed by atoms with Gasteiger partial charge in [-0.25, -0.2) is 0 Å². The summed E-state index contributed by atoms with van der Waals surface area (Å²) in [7, 11) is 0. The van der Waals surface area contributed by atoms with Crippen molar-refractivity contribution in [2.75, 3.05) is 0 Å². The van der Waals surface area contributed by atoms with E-state index in [-0.39, 0.29) is 0 Å². The second-order valence-electron chi connectivity index (χ2n) is 3.83. The Balaban J connectivity index is 2.73. The fourth-order valence-corrected chi connectivity index (χ4v) is 2.06. The summed E-state index contributed by atoms with van der Waals surface area (Å²) in [5, 5.41) is 0. The van der Waals surface area contributed by atoms with Gasteiger partial charge in [0.1, 0.15) is 0 Å². The number of hydrogen-bond donors (Lipinski definition) is 0. The van der Waals surface area contributed by atoms with Crippen LogP contribution in [0.3, 0.4) is 0 Å². The molecule has 0 aromatic heterocycles. The maximum absolute atomic E-state index is 2.28. The average Bonchev–Trinajstić information content (AvgIpc) is 2.10. The Bertz CT molecular complexity index is 61.4. The van der Waals surface area contributed by atoms with E-state index in [9.17, 15) is 0 Å². The Morgan fingerprint density at radius 2 is 1.08 bits per heavy atom. The molecule has 0 aliphatic carbocycles. The van der Waals surface area contributed by atoms with Crippen LogP contribution in [0.15, 0.2) is 0 Å². The summed E-state index contributed by atoms with van der Waals surface area (Å²) in [6, 6.07) is 0. The zero-order chi connectivity index (χ0) is 9.07. The molecule has 0 aromatic rings. The Kier molecular flexibility index (Phi) is 13.0. The van der Waals surface area contributed by atoms with Gasteiger partial charge in [-0.1, -0.05) is 0 Å². The van der Waals surface area contributed by atoms with E-state index in [0.717, 1.165) is 0 Å². The van der Waals surface area contributed by atoms with Gasteiger partial charge in [0.2, 0.25) is 0 Å². The molecule has 0 spiro atoms. The molecule has 12 heavy (non-hydrogen) atoms. The zero-order valence-electron chi connectivity index (χ0n) is 9.07. The van der Waals surface area contributed by atoms with E-state index in [0.29, 0.717) is 0 Å². The van der Waals surface area contributed by atoms with Gasteiger partial charge in [-0.15, -0.1) is 0 Å². The molecular formula is C11H23Na. The van der Waals surface area contributed by atoms with Crippen molar-refractivity contribution in [2.24, 2.45) is 0 Å². The summed E-state index contributed by atoms with van der Waals surface area (Å²) < 4.78 is 1.51. The van der Waals surface area contributed by atoms with Crippen LogP contribution in [0.2, 0.25) is 3.67 Å². The monoisotopic (exact) mass is 178 g/mol. The molecule has 0 aliphatic rings. The van der Waals surface area contributed by atoms with Gasteiger partial charge >= 0.3 is 96.3 Å². The van der Waals surface area contributed by atoms with E-state index < -0.39 is 0 Å². The first kappa shape index (κ1) is 13.0. The van der Waals surface area contributed by atoms with Crippen molar-refractivity contribution >= 4 is 27.9 Å². The SMILES string of the molecule is CCCCCCCCCC[CH2][Na]. The molecule has 0 saturated heterocycles. The molecule has 0 fully saturated rings. The van der Waals surface area contributed by atoms with Crippen molar-refractivity contribution in [2.45, 2.75) is 68.4 Å². The standard InChI is InChI=1S/C11H23.Na/c1-3-5-7-9-11-10-8-6-4-2;/h1,3-11H2,2H3;. The van der Waals surface area contributed by atoms with E-state index in [2.05, 4.69) is 6.92 Å². The fraction of sp³-hybridized carbons (Fsp3) is 1.00. The predicted molar refractivity (Wildman–Crippen MR) is 57.8 cm³/mol. The predicted octanol–water partition coefficient (Wildman–Crippen LogP) is 4.10. The minimum absolute atomic E-state index is 1.38. The Morgan fingerprint density at radius 3 is 1.50 bits per heavy atom. The van der Waals surface area contributed by atoms with E-state index in [1.54, 1.807) is 0 Å². The first-order valence-electron chi connectivity index (χ1n) is 5.91. The summed E-state index contributed by atoms with van der Waals surface area (Å²) in [5.74, 6) is 0. The first-order valence-corrected chi connectivity index (χ1v) is 7.33. The van der Waals surface area contributed by atoms with Gasteiger partial charge in [0.15, 0.2) is 0 Å². The second kappa shape index (κ2) is 12.0. The summed E-state index contributed by atoms with van der Waals surface area (Å²) in [6.45, 7) is 2.28. The molecule has 0 saturated carbocycles. The number of hydrogen-bond acceptors (Lipinski definition) is 0. The first-order chi connectivity index (χ1) is 5.91. The summed E-state index contributed by atoms with van der Waals surface area (Å²) in [4.78, 5) is 0. The van der Waals surface area contributed by atoms with Gasteiger partial charge in [-0.3, -0.25) is 0 Å². The maximum atomic E-state index is 2.28. The fourth-order valence-electron chi connectivity index (χ4n) is 1.56. The Labute approximate surface area is 95.9 Å². The van der Waals surface area contributed by atoms with Crippen LogP contribution >= 0.6 is 0 Å². The van der Waals surface area contributed by atoms with Crippen LogP contribution in [0.1, 0.15) is 64.7 Å². The molecule has 0 heterocycles. The summed E-state index contributed by atoms with van der Waals surface area (Å²) in [6.07, 6.45) is 13.2. The van der Waals surface area contributed by atoms with Gasteiger partial charge in [0.05, 0.1) is 0 Å². The topological polar surface area (TPSA) is 0 Å². The second-order valence-corrected chi connectivity index (χ2v) is 4.83. The van der Waals surface area contributed by atoms with Gasteiger partial charge in [-0.2, -0.15) is 0 Å². The molecule has 0 aliphatic heterocycles. The molecule has 0 radical (unpaired) electrons. The number of rotatable bonds is 9. The summed E-state index contributed by atoms with van der Waals surface area (Å²) in [5.41, 5.74) is 0. The van der Waals surface area contributed by atoms with E-state index in [1.807, 2.05) is 0 Å². The molecular weight excluding hydrogens is 155 g/mol. The van der Waals surface area contributed by atoms with E-state index in [4.69, 9.17) is 0 Å². The third kappa shape index (κ3) is 11.0. The van der Waals surface area contributed by atoms with E-state index in [1.165, 1.54) is 89.4 Å². The van der Waals surface area contributed by atoms with Gasteiger partial charge in [0, 0.05) is 0 Å². The molecule has 0 N–H and O–H groups in total. The molecule has 1 heteroatoms. The van der Waals surface area contributed by atoms with Gasteiger partial charge < -0.3 is 0 Å². The quantitative estimate of drug-likeness (QED) is 0.368. The molecule has 0 aromatic carbocycles. The molecule has 0 rings (SSSR count). The van der Waals surface area contributed by atoms with Crippen LogP contribution in [0, 0.1) is 0 Å². The molecule has 0 unspecified atom stereocenters. The molecule has 0 amide bonds. The molecule has 0 atom stereocenters. The van der Waals surface area contributed by atoms with Crippen molar-refractivity contribution in [1.29, 1.82) is 0 Å².